The highest BCUT2D eigenvalue weighted by atomic mass is 19.1. The topological polar surface area (TPSA) is 70.2 Å². The lowest BCUT2D eigenvalue weighted by molar-refractivity contribution is -0.0683. The zero-order chi connectivity index (χ0) is 19.0. The van der Waals surface area contributed by atoms with Crippen LogP contribution < -0.4 is 5.32 Å². The zero-order valence-electron chi connectivity index (χ0n) is 15.6. The number of fused-ring (bicyclic) bond motifs is 1. The van der Waals surface area contributed by atoms with Crippen LogP contribution in [0.1, 0.15) is 30.6 Å². The fraction of sp³-hybridized carbons (Fsp3) is 0.500. The van der Waals surface area contributed by atoms with Crippen molar-refractivity contribution in [2.75, 3.05) is 19.7 Å². The molecule has 2 fully saturated rings. The molecule has 144 valence electrons. The molecule has 27 heavy (non-hydrogen) atoms. The van der Waals surface area contributed by atoms with E-state index in [4.69, 9.17) is 4.74 Å². The van der Waals surface area contributed by atoms with Crippen LogP contribution in [0.15, 0.2) is 30.5 Å². The summed E-state index contributed by atoms with van der Waals surface area (Å²) in [6.45, 7) is 6.81. The second kappa shape index (κ2) is 7.40. The number of H-pyrrole nitrogens is 1. The third kappa shape index (κ3) is 3.75. The molecular weight excluding hydrogens is 347 g/mol. The number of halogens is 1. The number of benzene rings is 1. The van der Waals surface area contributed by atoms with Crippen molar-refractivity contribution in [1.29, 1.82) is 0 Å². The second-order valence-electron chi connectivity index (χ2n) is 7.80. The molecule has 0 radical (unpaired) electrons. The van der Waals surface area contributed by atoms with E-state index in [1.165, 1.54) is 18.3 Å². The summed E-state index contributed by atoms with van der Waals surface area (Å²) in [5.41, 5.74) is 1.57. The Hall–Kier alpha value is -2.25. The van der Waals surface area contributed by atoms with E-state index in [0.717, 1.165) is 26.1 Å². The lowest BCUT2D eigenvalue weighted by atomic mass is 10.0. The summed E-state index contributed by atoms with van der Waals surface area (Å²) in [7, 11) is 0. The number of nitrogens with zero attached hydrogens (tertiary/aromatic N) is 2. The largest absolute Gasteiger partial charge is 0.375 e. The van der Waals surface area contributed by atoms with Crippen LogP contribution in [0.25, 0.3) is 11.3 Å². The van der Waals surface area contributed by atoms with Gasteiger partial charge in [-0.1, -0.05) is 26.0 Å². The second-order valence-corrected chi connectivity index (χ2v) is 7.80. The molecule has 2 saturated heterocycles. The van der Waals surface area contributed by atoms with Gasteiger partial charge in [-0.2, -0.15) is 5.10 Å². The number of ether oxygens (including phenoxy) is 1. The van der Waals surface area contributed by atoms with Gasteiger partial charge in [-0.3, -0.25) is 14.8 Å². The van der Waals surface area contributed by atoms with E-state index in [2.05, 4.69) is 34.3 Å². The average molecular weight is 372 g/mol. The van der Waals surface area contributed by atoms with Gasteiger partial charge in [0.25, 0.3) is 5.91 Å². The molecule has 2 aromatic rings. The first kappa shape index (κ1) is 18.1. The van der Waals surface area contributed by atoms with E-state index in [-0.39, 0.29) is 23.9 Å². The van der Waals surface area contributed by atoms with Crippen molar-refractivity contribution in [1.82, 2.24) is 20.4 Å². The Bertz CT molecular complexity index is 822. The molecule has 1 aromatic heterocycles. The summed E-state index contributed by atoms with van der Waals surface area (Å²) in [4.78, 5) is 15.2. The lowest BCUT2D eigenvalue weighted by Gasteiger charge is -2.36. The molecule has 7 heteroatoms. The number of carbonyl (C=O) groups excluding carboxylic acids is 1. The van der Waals surface area contributed by atoms with Gasteiger partial charge in [-0.25, -0.2) is 4.39 Å². The van der Waals surface area contributed by atoms with Gasteiger partial charge in [0, 0.05) is 30.7 Å². The quantitative estimate of drug-likeness (QED) is 0.865. The fourth-order valence-electron chi connectivity index (χ4n) is 3.99. The van der Waals surface area contributed by atoms with Crippen molar-refractivity contribution >= 4 is 5.91 Å². The maximum Gasteiger partial charge on any atom is 0.255 e. The Morgan fingerprint density at radius 2 is 2.26 bits per heavy atom. The Morgan fingerprint density at radius 1 is 1.41 bits per heavy atom. The minimum Gasteiger partial charge on any atom is -0.375 e. The first-order valence-corrected chi connectivity index (χ1v) is 9.47. The van der Waals surface area contributed by atoms with Crippen molar-refractivity contribution < 1.29 is 13.9 Å². The molecule has 0 saturated carbocycles. The van der Waals surface area contributed by atoms with Crippen LogP contribution in [0, 0.1) is 11.7 Å². The van der Waals surface area contributed by atoms with E-state index < -0.39 is 0 Å². The van der Waals surface area contributed by atoms with E-state index in [9.17, 15) is 9.18 Å². The van der Waals surface area contributed by atoms with Gasteiger partial charge in [0.2, 0.25) is 0 Å². The first-order valence-electron chi connectivity index (χ1n) is 9.47. The molecule has 0 unspecified atom stereocenters. The van der Waals surface area contributed by atoms with Crippen molar-refractivity contribution in [3.63, 3.8) is 0 Å². The van der Waals surface area contributed by atoms with Crippen LogP contribution in [-0.4, -0.2) is 58.9 Å². The van der Waals surface area contributed by atoms with Crippen LogP contribution >= 0.6 is 0 Å². The monoisotopic (exact) mass is 372 g/mol. The summed E-state index contributed by atoms with van der Waals surface area (Å²) in [5.74, 6) is -0.0469. The van der Waals surface area contributed by atoms with Gasteiger partial charge in [-0.05, 0) is 24.5 Å². The minimum absolute atomic E-state index is 0.0762. The number of aromatic amines is 1. The Morgan fingerprint density at radius 3 is 3.04 bits per heavy atom. The third-order valence-corrected chi connectivity index (χ3v) is 5.52. The number of rotatable bonds is 4. The normalized spacial score (nSPS) is 25.6. The molecule has 0 spiro atoms. The number of nitrogens with one attached hydrogen (secondary N) is 2. The molecular formula is C20H25FN4O2. The lowest BCUT2D eigenvalue weighted by Crippen LogP contribution is -2.48. The summed E-state index contributed by atoms with van der Waals surface area (Å²) in [6.07, 6.45) is 2.63. The van der Waals surface area contributed by atoms with Crippen LogP contribution in [-0.2, 0) is 4.74 Å². The van der Waals surface area contributed by atoms with Gasteiger partial charge < -0.3 is 10.1 Å². The molecule has 2 aliphatic heterocycles. The summed E-state index contributed by atoms with van der Waals surface area (Å²) in [5, 5.41) is 9.92. The number of carbonyl (C=O) groups is 1. The Kier molecular flexibility index (Phi) is 4.97. The van der Waals surface area contributed by atoms with Gasteiger partial charge >= 0.3 is 0 Å². The number of hydrogen-bond acceptors (Lipinski definition) is 4. The molecule has 6 nitrogen and oxygen atoms in total. The third-order valence-electron chi connectivity index (χ3n) is 5.52. The fourth-order valence-corrected chi connectivity index (χ4v) is 3.99. The molecule has 2 N–H and O–H groups in total. The molecule has 3 heterocycles. The predicted octanol–water partition coefficient (Wildman–Crippen LogP) is 2.44. The highest BCUT2D eigenvalue weighted by Crippen LogP contribution is 2.27. The van der Waals surface area contributed by atoms with E-state index >= 15 is 0 Å². The van der Waals surface area contributed by atoms with Crippen LogP contribution in [0.3, 0.4) is 0 Å². The van der Waals surface area contributed by atoms with E-state index in [1.807, 2.05) is 0 Å². The molecule has 0 aliphatic carbocycles. The smallest absolute Gasteiger partial charge is 0.255 e. The minimum atomic E-state index is -0.346. The number of aromatic nitrogens is 2. The predicted molar refractivity (Wildman–Crippen MR) is 99.8 cm³/mol. The van der Waals surface area contributed by atoms with Crippen LogP contribution in [0.5, 0.6) is 0 Å². The van der Waals surface area contributed by atoms with Crippen LogP contribution in [0.4, 0.5) is 4.39 Å². The summed E-state index contributed by atoms with van der Waals surface area (Å²) >= 11 is 0. The van der Waals surface area contributed by atoms with Crippen molar-refractivity contribution in [3.05, 3.63) is 41.8 Å². The van der Waals surface area contributed by atoms with Crippen molar-refractivity contribution in [2.24, 2.45) is 5.92 Å². The maximum atomic E-state index is 13.5. The molecule has 2 aliphatic rings. The highest BCUT2D eigenvalue weighted by molar-refractivity contribution is 5.99. The summed E-state index contributed by atoms with van der Waals surface area (Å²) < 4.78 is 19.5. The van der Waals surface area contributed by atoms with Gasteiger partial charge in [0.15, 0.2) is 0 Å². The molecule has 1 aromatic carbocycles. The number of amides is 1. The zero-order valence-corrected chi connectivity index (χ0v) is 15.6. The van der Waals surface area contributed by atoms with Crippen molar-refractivity contribution in [3.8, 4) is 11.3 Å². The molecule has 1 amide bonds. The molecule has 4 rings (SSSR count). The van der Waals surface area contributed by atoms with E-state index in [1.54, 1.807) is 12.1 Å². The SMILES string of the molecule is CC(C)[C@H]1CN2C[C@@H](NC(=O)c3cn[nH]c3-c3cccc(F)c3)C[C@H]2CO1. The molecule has 3 atom stereocenters. The Balaban J connectivity index is 1.43. The number of morpholine rings is 1. The highest BCUT2D eigenvalue weighted by Gasteiger charge is 2.38. The standard InChI is InChI=1S/C20H25FN4O2/c1-12(2)18-10-25-9-15(7-16(25)11-27-18)23-20(26)17-8-22-24-19(17)13-4-3-5-14(21)6-13/h3-6,8,12,15-16,18H,7,9-11H2,1-2H3,(H,22,24)(H,23,26)/t15-,16-,18+/m0/s1. The number of hydrogen-bond donors (Lipinski definition) is 2. The van der Waals surface area contributed by atoms with Crippen molar-refractivity contribution in [2.45, 2.75) is 38.5 Å². The van der Waals surface area contributed by atoms with Gasteiger partial charge in [-0.15, -0.1) is 0 Å². The summed E-state index contributed by atoms with van der Waals surface area (Å²) in [6, 6.07) is 6.58. The molecule has 0 bridgehead atoms. The van der Waals surface area contributed by atoms with Crippen LogP contribution in [0.2, 0.25) is 0 Å². The van der Waals surface area contributed by atoms with Gasteiger partial charge in [0.05, 0.1) is 30.2 Å². The van der Waals surface area contributed by atoms with Gasteiger partial charge in [0.1, 0.15) is 5.82 Å². The first-order chi connectivity index (χ1) is 13.0. The Labute approximate surface area is 158 Å². The maximum absolute atomic E-state index is 13.5. The van der Waals surface area contributed by atoms with E-state index in [0.29, 0.717) is 28.8 Å². The average Bonchev–Trinajstić information content (AvgIpc) is 3.27.